The van der Waals surface area contributed by atoms with E-state index in [9.17, 15) is 0 Å². The Kier molecular flexibility index (Phi) is 4.69. The zero-order chi connectivity index (χ0) is 5.54. The third-order valence-electron chi connectivity index (χ3n) is 0.579. The highest BCUT2D eigenvalue weighted by Gasteiger charge is 1.74. The molecule has 0 heterocycles. The number of rotatable bonds is 3. The van der Waals surface area contributed by atoms with Gasteiger partial charge in [-0.25, -0.2) is 0 Å². The van der Waals surface area contributed by atoms with Gasteiger partial charge in [0.25, 0.3) is 0 Å². The zero-order valence-electron chi connectivity index (χ0n) is 4.36. The molecule has 0 aromatic rings. The lowest BCUT2D eigenvalue weighted by molar-refractivity contribution is 0.746. The average Bonchev–Trinajstić information content (AvgIpc) is 1.69. The van der Waals surface area contributed by atoms with E-state index in [-0.39, 0.29) is 0 Å². The summed E-state index contributed by atoms with van der Waals surface area (Å²) >= 11 is 0. The van der Waals surface area contributed by atoms with E-state index in [0.717, 1.165) is 6.54 Å². The van der Waals surface area contributed by atoms with Crippen molar-refractivity contribution in [3.8, 4) is 6.19 Å². The minimum Gasteiger partial charge on any atom is -0.323 e. The molecule has 0 aliphatic rings. The second-order valence-electron chi connectivity index (χ2n) is 1.14. The van der Waals surface area contributed by atoms with Gasteiger partial charge in [-0.05, 0) is 7.05 Å². The molecule has 0 aromatic carbocycles. The Morgan fingerprint density at radius 1 is 1.57 bits per heavy atom. The molecule has 3 nitrogen and oxygen atoms in total. The molecule has 0 rings (SSSR count). The van der Waals surface area contributed by atoms with Crippen molar-refractivity contribution in [2.24, 2.45) is 0 Å². The van der Waals surface area contributed by atoms with E-state index in [1.807, 2.05) is 13.2 Å². The molecule has 0 aliphatic heterocycles. The lowest BCUT2D eigenvalue weighted by Gasteiger charge is -1.91. The quantitative estimate of drug-likeness (QED) is 0.279. The molecule has 0 atom stereocenters. The topological polar surface area (TPSA) is 47.8 Å². The Morgan fingerprint density at radius 3 is 2.71 bits per heavy atom. The predicted octanol–water partition coefficient (Wildman–Crippen LogP) is -0.724. The van der Waals surface area contributed by atoms with Gasteiger partial charge in [0.1, 0.15) is 0 Å². The molecular weight excluding hydrogens is 90.1 g/mol. The van der Waals surface area contributed by atoms with Gasteiger partial charge in [0, 0.05) is 13.1 Å². The molecule has 0 aliphatic carbocycles. The van der Waals surface area contributed by atoms with Crippen LogP contribution in [-0.4, -0.2) is 20.1 Å². The molecule has 3 heteroatoms. The van der Waals surface area contributed by atoms with Crippen molar-refractivity contribution in [1.29, 1.82) is 5.26 Å². The largest absolute Gasteiger partial charge is 0.323 e. The van der Waals surface area contributed by atoms with Crippen molar-refractivity contribution in [2.75, 3.05) is 20.1 Å². The van der Waals surface area contributed by atoms with E-state index in [2.05, 4.69) is 10.6 Å². The third kappa shape index (κ3) is 5.25. The first-order chi connectivity index (χ1) is 3.41. The summed E-state index contributed by atoms with van der Waals surface area (Å²) in [5.41, 5.74) is 0. The van der Waals surface area contributed by atoms with E-state index < -0.39 is 0 Å². The van der Waals surface area contributed by atoms with Gasteiger partial charge in [0.2, 0.25) is 0 Å². The van der Waals surface area contributed by atoms with Crippen LogP contribution >= 0.6 is 0 Å². The molecule has 0 bridgehead atoms. The summed E-state index contributed by atoms with van der Waals surface area (Å²) in [4.78, 5) is 0. The minimum absolute atomic E-state index is 0.715. The SMILES string of the molecule is CNCCNC#N. The number of nitrogens with one attached hydrogen (secondary N) is 2. The van der Waals surface area contributed by atoms with Crippen LogP contribution in [0.2, 0.25) is 0 Å². The number of nitrogens with zero attached hydrogens (tertiary/aromatic N) is 1. The van der Waals surface area contributed by atoms with Gasteiger partial charge in [-0.2, -0.15) is 5.26 Å². The predicted molar refractivity (Wildman–Crippen MR) is 27.5 cm³/mol. The number of likely N-dealkylation sites (N-methyl/N-ethyl adjacent to an activating group) is 1. The van der Waals surface area contributed by atoms with E-state index in [1.54, 1.807) is 0 Å². The average molecular weight is 99.1 g/mol. The lowest BCUT2D eigenvalue weighted by Crippen LogP contribution is -2.20. The van der Waals surface area contributed by atoms with Crippen LogP contribution in [0.5, 0.6) is 0 Å². The molecular formula is C4H9N3. The lowest BCUT2D eigenvalue weighted by atomic mass is 10.6. The van der Waals surface area contributed by atoms with Crippen LogP contribution in [0, 0.1) is 11.5 Å². The van der Waals surface area contributed by atoms with Crippen LogP contribution in [0.1, 0.15) is 0 Å². The van der Waals surface area contributed by atoms with Crippen LogP contribution < -0.4 is 10.6 Å². The van der Waals surface area contributed by atoms with Gasteiger partial charge in [0.05, 0.1) is 0 Å². The van der Waals surface area contributed by atoms with Crippen LogP contribution in [0.15, 0.2) is 0 Å². The molecule has 0 unspecified atom stereocenters. The summed E-state index contributed by atoms with van der Waals surface area (Å²) in [7, 11) is 1.85. The first-order valence-corrected chi connectivity index (χ1v) is 2.18. The molecule has 0 radical (unpaired) electrons. The molecule has 0 spiro atoms. The van der Waals surface area contributed by atoms with Gasteiger partial charge >= 0.3 is 0 Å². The molecule has 40 valence electrons. The molecule has 7 heavy (non-hydrogen) atoms. The Balaban J connectivity index is 2.60. The van der Waals surface area contributed by atoms with E-state index >= 15 is 0 Å². The Morgan fingerprint density at radius 2 is 2.29 bits per heavy atom. The first-order valence-electron chi connectivity index (χ1n) is 2.18. The molecule has 2 N–H and O–H groups in total. The van der Waals surface area contributed by atoms with Crippen molar-refractivity contribution in [1.82, 2.24) is 10.6 Å². The van der Waals surface area contributed by atoms with Crippen LogP contribution in [0.25, 0.3) is 0 Å². The van der Waals surface area contributed by atoms with E-state index in [1.165, 1.54) is 0 Å². The van der Waals surface area contributed by atoms with Crippen LogP contribution in [0.3, 0.4) is 0 Å². The van der Waals surface area contributed by atoms with Crippen LogP contribution in [0.4, 0.5) is 0 Å². The normalized spacial score (nSPS) is 7.43. The highest BCUT2D eigenvalue weighted by Crippen LogP contribution is 1.48. The summed E-state index contributed by atoms with van der Waals surface area (Å²) in [6.07, 6.45) is 1.81. The monoisotopic (exact) mass is 99.1 g/mol. The standard InChI is InChI=1S/C4H9N3/c1-6-2-3-7-4-5/h6-7H,2-3H2,1H3. The summed E-state index contributed by atoms with van der Waals surface area (Å²) < 4.78 is 0. The summed E-state index contributed by atoms with van der Waals surface area (Å²) in [6.45, 7) is 1.56. The fraction of sp³-hybridized carbons (Fsp3) is 0.750. The number of hydrogen-bond acceptors (Lipinski definition) is 3. The highest BCUT2D eigenvalue weighted by atomic mass is 14.9. The van der Waals surface area contributed by atoms with Crippen LogP contribution in [-0.2, 0) is 0 Å². The maximum atomic E-state index is 7.90. The highest BCUT2D eigenvalue weighted by molar-refractivity contribution is 4.64. The van der Waals surface area contributed by atoms with E-state index in [4.69, 9.17) is 5.26 Å². The van der Waals surface area contributed by atoms with Crippen molar-refractivity contribution in [3.63, 3.8) is 0 Å². The molecule has 0 amide bonds. The summed E-state index contributed by atoms with van der Waals surface area (Å²) in [6, 6.07) is 0. The van der Waals surface area contributed by atoms with Crippen molar-refractivity contribution < 1.29 is 0 Å². The second-order valence-corrected chi connectivity index (χ2v) is 1.14. The van der Waals surface area contributed by atoms with E-state index in [0.29, 0.717) is 6.54 Å². The molecule has 0 saturated heterocycles. The van der Waals surface area contributed by atoms with Gasteiger partial charge in [-0.3, -0.25) is 0 Å². The Bertz CT molecular complexity index is 63.8. The number of hydrogen-bond donors (Lipinski definition) is 2. The molecule has 0 fully saturated rings. The Labute approximate surface area is 43.3 Å². The fourth-order valence-corrected chi connectivity index (χ4v) is 0.243. The van der Waals surface area contributed by atoms with Crippen molar-refractivity contribution >= 4 is 0 Å². The smallest absolute Gasteiger partial charge is 0.176 e. The van der Waals surface area contributed by atoms with Gasteiger partial charge in [0.15, 0.2) is 6.19 Å². The summed E-state index contributed by atoms with van der Waals surface area (Å²) in [5, 5.41) is 13.3. The van der Waals surface area contributed by atoms with Crippen molar-refractivity contribution in [2.45, 2.75) is 0 Å². The zero-order valence-corrected chi connectivity index (χ0v) is 4.36. The molecule has 0 aromatic heterocycles. The minimum atomic E-state index is 0.715. The Hall–Kier alpha value is -0.750. The van der Waals surface area contributed by atoms with Crippen molar-refractivity contribution in [3.05, 3.63) is 0 Å². The third-order valence-corrected chi connectivity index (χ3v) is 0.579. The molecule has 0 saturated carbocycles. The first kappa shape index (κ1) is 6.25. The number of nitriles is 1. The van der Waals surface area contributed by atoms with Gasteiger partial charge in [-0.1, -0.05) is 0 Å². The maximum Gasteiger partial charge on any atom is 0.176 e. The van der Waals surface area contributed by atoms with Gasteiger partial charge in [-0.15, -0.1) is 0 Å². The maximum absolute atomic E-state index is 7.90. The summed E-state index contributed by atoms with van der Waals surface area (Å²) in [5.74, 6) is 0. The second kappa shape index (κ2) is 5.25. The van der Waals surface area contributed by atoms with Gasteiger partial charge < -0.3 is 10.6 Å². The fourth-order valence-electron chi connectivity index (χ4n) is 0.243.